The summed E-state index contributed by atoms with van der Waals surface area (Å²) in [5.41, 5.74) is 0.471. The van der Waals surface area contributed by atoms with Gasteiger partial charge >= 0.3 is 0 Å². The number of nitrogens with zero attached hydrogens (tertiary/aromatic N) is 2. The third-order valence-electron chi connectivity index (χ3n) is 3.08. The summed E-state index contributed by atoms with van der Waals surface area (Å²) in [5, 5.41) is 0.0361. The number of aryl methyl sites for hydroxylation is 1. The molecule has 1 aliphatic rings. The molecule has 1 aliphatic heterocycles. The van der Waals surface area contributed by atoms with E-state index in [2.05, 4.69) is 23.8 Å². The molecule has 2 heterocycles. The fraction of sp³-hybridized carbons (Fsp3) is 0.667. The first-order chi connectivity index (χ1) is 8.94. The Morgan fingerprint density at radius 3 is 2.84 bits per heavy atom. The fourth-order valence-electron chi connectivity index (χ4n) is 2.16. The summed E-state index contributed by atoms with van der Waals surface area (Å²) < 4.78 is 29.5. The lowest BCUT2D eigenvalue weighted by Gasteiger charge is -2.13. The fourth-order valence-corrected chi connectivity index (χ4v) is 3.88. The van der Waals surface area contributed by atoms with Gasteiger partial charge in [0.05, 0.1) is 18.1 Å². The minimum Gasteiger partial charge on any atom is -0.476 e. The van der Waals surface area contributed by atoms with Gasteiger partial charge in [-0.05, 0) is 23.9 Å². The van der Waals surface area contributed by atoms with Crippen molar-refractivity contribution in [1.82, 2.24) is 9.97 Å². The molecule has 0 bridgehead atoms. The van der Waals surface area contributed by atoms with Gasteiger partial charge in [0.2, 0.25) is 11.2 Å². The third-order valence-corrected chi connectivity index (χ3v) is 5.02. The second-order valence-electron chi connectivity index (χ2n) is 4.85. The molecule has 0 aromatic carbocycles. The van der Waals surface area contributed by atoms with Crippen LogP contribution in [0.4, 0.5) is 0 Å². The van der Waals surface area contributed by atoms with Gasteiger partial charge in [0, 0.05) is 6.42 Å². The Labute approximate surface area is 118 Å². The number of fused-ring (bicyclic) bond motifs is 1. The first-order valence-corrected chi connectivity index (χ1v) is 8.39. The summed E-state index contributed by atoms with van der Waals surface area (Å²) in [6.45, 7) is 4.59. The van der Waals surface area contributed by atoms with Crippen LogP contribution in [0.3, 0.4) is 0 Å². The van der Waals surface area contributed by atoms with E-state index in [4.69, 9.17) is 16.3 Å². The van der Waals surface area contributed by atoms with Crippen LogP contribution in [0.25, 0.3) is 0 Å². The van der Waals surface area contributed by atoms with Crippen LogP contribution >= 0.6 is 11.6 Å². The largest absolute Gasteiger partial charge is 0.476 e. The van der Waals surface area contributed by atoms with Crippen molar-refractivity contribution in [3.8, 4) is 5.88 Å². The van der Waals surface area contributed by atoms with Crippen molar-refractivity contribution in [1.29, 1.82) is 0 Å². The molecule has 0 spiro atoms. The van der Waals surface area contributed by atoms with Gasteiger partial charge < -0.3 is 4.74 Å². The predicted octanol–water partition coefficient (Wildman–Crippen LogP) is 2.27. The van der Waals surface area contributed by atoms with E-state index < -0.39 is 9.84 Å². The van der Waals surface area contributed by atoms with E-state index in [-0.39, 0.29) is 21.8 Å². The molecule has 0 amide bonds. The van der Waals surface area contributed by atoms with Gasteiger partial charge in [0.15, 0.2) is 14.7 Å². The van der Waals surface area contributed by atoms with Crippen LogP contribution in [0.15, 0.2) is 4.90 Å². The van der Waals surface area contributed by atoms with Crippen molar-refractivity contribution in [2.75, 3.05) is 12.4 Å². The summed E-state index contributed by atoms with van der Waals surface area (Å²) in [5.74, 6) is 0.507. The zero-order valence-corrected chi connectivity index (χ0v) is 12.6. The number of sulfone groups is 1. The number of ether oxygens (including phenoxy) is 1. The van der Waals surface area contributed by atoms with E-state index >= 15 is 0 Å². The van der Waals surface area contributed by atoms with Gasteiger partial charge in [-0.25, -0.2) is 13.4 Å². The van der Waals surface area contributed by atoms with Crippen LogP contribution in [0.2, 0.25) is 5.28 Å². The summed E-state index contributed by atoms with van der Waals surface area (Å²) in [4.78, 5) is 8.02. The van der Waals surface area contributed by atoms with Gasteiger partial charge in [-0.2, -0.15) is 4.98 Å². The maximum atomic E-state index is 12.0. The highest BCUT2D eigenvalue weighted by molar-refractivity contribution is 7.91. The van der Waals surface area contributed by atoms with Crippen LogP contribution < -0.4 is 4.74 Å². The third kappa shape index (κ3) is 3.17. The van der Waals surface area contributed by atoms with Gasteiger partial charge in [0.1, 0.15) is 0 Å². The molecule has 0 aliphatic carbocycles. The molecule has 0 saturated carbocycles. The molecule has 1 atom stereocenters. The molecule has 19 heavy (non-hydrogen) atoms. The van der Waals surface area contributed by atoms with Crippen molar-refractivity contribution < 1.29 is 13.2 Å². The molecule has 1 unspecified atom stereocenters. The highest BCUT2D eigenvalue weighted by Crippen LogP contribution is 2.33. The monoisotopic (exact) mass is 304 g/mol. The second-order valence-corrected chi connectivity index (χ2v) is 7.23. The summed E-state index contributed by atoms with van der Waals surface area (Å²) in [6, 6.07) is 0. The lowest BCUT2D eigenvalue weighted by atomic mass is 10.1. The van der Waals surface area contributed by atoms with Gasteiger partial charge in [0.25, 0.3) is 0 Å². The van der Waals surface area contributed by atoms with Crippen LogP contribution in [-0.4, -0.2) is 30.7 Å². The molecule has 1 aromatic rings. The van der Waals surface area contributed by atoms with Crippen molar-refractivity contribution in [3.05, 3.63) is 11.0 Å². The molecule has 5 nitrogen and oxygen atoms in total. The molecule has 2 rings (SSSR count). The highest BCUT2D eigenvalue weighted by atomic mass is 35.5. The van der Waals surface area contributed by atoms with Crippen molar-refractivity contribution in [3.63, 3.8) is 0 Å². The average molecular weight is 305 g/mol. The first-order valence-electron chi connectivity index (χ1n) is 6.36. The average Bonchev–Trinajstić information content (AvgIpc) is 2.62. The summed E-state index contributed by atoms with van der Waals surface area (Å²) in [7, 11) is -3.32. The Morgan fingerprint density at radius 1 is 1.42 bits per heavy atom. The second kappa shape index (κ2) is 5.63. The van der Waals surface area contributed by atoms with E-state index in [1.165, 1.54) is 0 Å². The normalized spacial score (nSPS) is 18.1. The van der Waals surface area contributed by atoms with Crippen LogP contribution in [0.5, 0.6) is 5.88 Å². The van der Waals surface area contributed by atoms with E-state index in [9.17, 15) is 8.42 Å². The number of hydrogen-bond donors (Lipinski definition) is 0. The van der Waals surface area contributed by atoms with Gasteiger partial charge in [-0.15, -0.1) is 0 Å². The number of hydrogen-bond acceptors (Lipinski definition) is 5. The zero-order chi connectivity index (χ0) is 14.0. The minimum atomic E-state index is -3.32. The van der Waals surface area contributed by atoms with E-state index in [1.807, 2.05) is 0 Å². The summed E-state index contributed by atoms with van der Waals surface area (Å²) >= 11 is 5.80. The van der Waals surface area contributed by atoms with Gasteiger partial charge in [-0.3, -0.25) is 0 Å². The molecule has 0 N–H and O–H groups in total. The van der Waals surface area contributed by atoms with E-state index in [0.29, 0.717) is 24.6 Å². The Hall–Kier alpha value is -0.880. The zero-order valence-electron chi connectivity index (χ0n) is 11.0. The highest BCUT2D eigenvalue weighted by Gasteiger charge is 2.33. The predicted molar refractivity (Wildman–Crippen MR) is 72.4 cm³/mol. The number of rotatable bonds is 5. The van der Waals surface area contributed by atoms with Crippen LogP contribution in [0, 0.1) is 5.92 Å². The van der Waals surface area contributed by atoms with Crippen LogP contribution in [-0.2, 0) is 16.3 Å². The maximum Gasteiger partial charge on any atom is 0.237 e. The quantitative estimate of drug-likeness (QED) is 0.781. The topological polar surface area (TPSA) is 69.2 Å². The van der Waals surface area contributed by atoms with E-state index in [1.54, 1.807) is 0 Å². The minimum absolute atomic E-state index is 0.0361. The van der Waals surface area contributed by atoms with Crippen molar-refractivity contribution >= 4 is 21.4 Å². The molecular weight excluding hydrogens is 288 g/mol. The SMILES string of the molecule is CCCC(C)COc1nc(Cl)nc2c1S(=O)(=O)CC2. The Kier molecular flexibility index (Phi) is 4.30. The Morgan fingerprint density at radius 2 is 2.16 bits per heavy atom. The molecule has 106 valence electrons. The molecule has 0 saturated heterocycles. The molecule has 7 heteroatoms. The van der Waals surface area contributed by atoms with Crippen LogP contribution in [0.1, 0.15) is 32.4 Å². The van der Waals surface area contributed by atoms with Crippen molar-refractivity contribution in [2.45, 2.75) is 38.0 Å². The Balaban J connectivity index is 2.26. The molecule has 0 fully saturated rings. The smallest absolute Gasteiger partial charge is 0.237 e. The van der Waals surface area contributed by atoms with Crippen molar-refractivity contribution in [2.24, 2.45) is 5.92 Å². The lowest BCUT2D eigenvalue weighted by Crippen LogP contribution is -2.12. The number of aromatic nitrogens is 2. The van der Waals surface area contributed by atoms with Gasteiger partial charge in [-0.1, -0.05) is 20.3 Å². The van der Waals surface area contributed by atoms with E-state index in [0.717, 1.165) is 12.8 Å². The first kappa shape index (κ1) is 14.5. The molecule has 0 radical (unpaired) electrons. The maximum absolute atomic E-state index is 12.0. The standard InChI is InChI=1S/C12H17ClN2O3S/c1-3-4-8(2)7-18-11-10-9(14-12(13)15-11)5-6-19(10,16)17/h8H,3-7H2,1-2H3. The summed E-state index contributed by atoms with van der Waals surface area (Å²) in [6.07, 6.45) is 2.46. The Bertz CT molecular complexity index is 575. The molecular formula is C12H17ClN2O3S. The number of halogens is 1. The lowest BCUT2D eigenvalue weighted by molar-refractivity contribution is 0.236. The molecule has 1 aromatic heterocycles.